The first-order valence-electron chi connectivity index (χ1n) is 8.03. The molecule has 1 aromatic rings. The smallest absolute Gasteiger partial charge is 0.408 e. The highest BCUT2D eigenvalue weighted by Gasteiger charge is 2.26. The van der Waals surface area contributed by atoms with Crippen molar-refractivity contribution in [2.45, 2.75) is 49.9 Å². The maximum absolute atomic E-state index is 12.3. The van der Waals surface area contributed by atoms with Crippen molar-refractivity contribution in [2.24, 2.45) is 0 Å². The van der Waals surface area contributed by atoms with Crippen LogP contribution in [-0.4, -0.2) is 40.9 Å². The van der Waals surface area contributed by atoms with E-state index in [2.05, 4.69) is 10.1 Å². The van der Waals surface area contributed by atoms with E-state index < -0.39 is 29.7 Å². The molecule has 1 N–H and O–H groups in total. The van der Waals surface area contributed by atoms with Gasteiger partial charge in [0.1, 0.15) is 15.8 Å². The average molecular weight is 477 g/mol. The first-order chi connectivity index (χ1) is 12.0. The molecule has 0 aliphatic rings. The highest BCUT2D eigenvalue weighted by Crippen LogP contribution is 2.12. The van der Waals surface area contributed by atoms with E-state index in [1.807, 2.05) is 22.6 Å². The van der Waals surface area contributed by atoms with Gasteiger partial charge in [-0.05, 0) is 68.0 Å². The Morgan fingerprint density at radius 1 is 1.15 bits per heavy atom. The number of hydrogen-bond donors (Lipinski definition) is 1. The number of ether oxygens (including phenoxy) is 3. The summed E-state index contributed by atoms with van der Waals surface area (Å²) in [7, 11) is 1.30. The summed E-state index contributed by atoms with van der Waals surface area (Å²) in [6.07, 6.45) is -0.505. The summed E-state index contributed by atoms with van der Waals surface area (Å²) in [6.45, 7) is 6.92. The number of hydrogen-bond acceptors (Lipinski definition) is 6. The minimum atomic E-state index is -0.911. The molecule has 0 aromatic heterocycles. The molecular formula is C18H24INO6. The number of methoxy groups -OCH3 is 1. The van der Waals surface area contributed by atoms with Crippen molar-refractivity contribution in [3.63, 3.8) is 0 Å². The van der Waals surface area contributed by atoms with Gasteiger partial charge < -0.3 is 19.5 Å². The Morgan fingerprint density at radius 2 is 1.73 bits per heavy atom. The normalized spacial score (nSPS) is 13.3. The lowest BCUT2D eigenvalue weighted by molar-refractivity contribution is -0.146. The first kappa shape index (κ1) is 22.2. The number of alkyl carbamates (subject to hydrolysis) is 1. The van der Waals surface area contributed by atoms with Crippen LogP contribution < -0.4 is 5.32 Å². The quantitative estimate of drug-likeness (QED) is 0.293. The Labute approximate surface area is 166 Å². The molecule has 0 spiro atoms. The standard InChI is InChI=1S/C18H24INO6/c1-11(19)25-16(22)14(20-17(23)26-18(2,3)4)10-12-6-8-13(9-7-12)15(21)24-5/h6-9,11,14H,10H2,1-5H3,(H,20,23)/t11?,14-/m1/s1. The number of esters is 2. The molecule has 8 heteroatoms. The van der Waals surface area contributed by atoms with E-state index in [4.69, 9.17) is 9.47 Å². The third-order valence-corrected chi connectivity index (χ3v) is 3.32. The van der Waals surface area contributed by atoms with Crippen LogP contribution in [0.5, 0.6) is 0 Å². The number of rotatable bonds is 6. The van der Waals surface area contributed by atoms with Gasteiger partial charge in [-0.1, -0.05) is 12.1 Å². The highest BCUT2D eigenvalue weighted by molar-refractivity contribution is 14.1. The SMILES string of the molecule is COC(=O)c1ccc(C[C@@H](NC(=O)OC(C)(C)C)C(=O)OC(C)I)cc1. The minimum Gasteiger partial charge on any atom is -0.465 e. The van der Waals surface area contributed by atoms with Crippen LogP contribution in [0.25, 0.3) is 0 Å². The molecule has 26 heavy (non-hydrogen) atoms. The van der Waals surface area contributed by atoms with E-state index in [0.29, 0.717) is 5.56 Å². The maximum Gasteiger partial charge on any atom is 0.408 e. The molecule has 0 bridgehead atoms. The molecule has 1 rings (SSSR count). The minimum absolute atomic E-state index is 0.197. The van der Waals surface area contributed by atoms with E-state index in [0.717, 1.165) is 5.56 Å². The largest absolute Gasteiger partial charge is 0.465 e. The molecule has 1 aromatic carbocycles. The van der Waals surface area contributed by atoms with Crippen LogP contribution in [0.4, 0.5) is 4.79 Å². The van der Waals surface area contributed by atoms with Gasteiger partial charge in [0.15, 0.2) is 0 Å². The lowest BCUT2D eigenvalue weighted by Crippen LogP contribution is -2.45. The van der Waals surface area contributed by atoms with Gasteiger partial charge in [-0.2, -0.15) is 0 Å². The zero-order valence-electron chi connectivity index (χ0n) is 15.5. The Kier molecular flexibility index (Phi) is 8.32. The molecule has 0 saturated carbocycles. The number of alkyl halides is 1. The lowest BCUT2D eigenvalue weighted by atomic mass is 10.0. The summed E-state index contributed by atoms with van der Waals surface area (Å²) < 4.78 is 14.7. The van der Waals surface area contributed by atoms with Gasteiger partial charge >= 0.3 is 18.0 Å². The fraction of sp³-hybridized carbons (Fsp3) is 0.500. The van der Waals surface area contributed by atoms with Gasteiger partial charge in [0.25, 0.3) is 0 Å². The van der Waals surface area contributed by atoms with Gasteiger partial charge in [-0.3, -0.25) is 0 Å². The average Bonchev–Trinajstić information content (AvgIpc) is 2.51. The van der Waals surface area contributed by atoms with Crippen LogP contribution in [0.3, 0.4) is 0 Å². The summed E-state index contributed by atoms with van der Waals surface area (Å²) in [4.78, 5) is 35.8. The van der Waals surface area contributed by atoms with Gasteiger partial charge in [0.05, 0.1) is 12.7 Å². The van der Waals surface area contributed by atoms with Gasteiger partial charge in [-0.15, -0.1) is 0 Å². The number of halogens is 1. The second-order valence-electron chi connectivity index (χ2n) is 6.57. The molecule has 2 atom stereocenters. The zero-order chi connectivity index (χ0) is 19.9. The maximum atomic E-state index is 12.3. The van der Waals surface area contributed by atoms with Crippen LogP contribution in [0, 0.1) is 0 Å². The molecule has 0 aliphatic heterocycles. The number of nitrogens with one attached hydrogen (secondary N) is 1. The fourth-order valence-corrected chi connectivity index (χ4v) is 2.27. The number of carbonyl (C=O) groups excluding carboxylic acids is 3. The van der Waals surface area contributed by atoms with Crippen molar-refractivity contribution < 1.29 is 28.6 Å². The summed E-state index contributed by atoms with van der Waals surface area (Å²) in [5, 5.41) is 2.55. The summed E-state index contributed by atoms with van der Waals surface area (Å²) in [5.74, 6) is -1.01. The third kappa shape index (κ3) is 8.03. The fourth-order valence-electron chi connectivity index (χ4n) is 2.02. The van der Waals surface area contributed by atoms with E-state index in [-0.39, 0.29) is 10.5 Å². The van der Waals surface area contributed by atoms with E-state index in [9.17, 15) is 14.4 Å². The molecule has 144 valence electrons. The number of amides is 1. The molecule has 7 nitrogen and oxygen atoms in total. The van der Waals surface area contributed by atoms with Crippen molar-refractivity contribution in [2.75, 3.05) is 7.11 Å². The molecule has 0 heterocycles. The van der Waals surface area contributed by atoms with E-state index in [1.54, 1.807) is 52.0 Å². The monoisotopic (exact) mass is 477 g/mol. The predicted octanol–water partition coefficient (Wildman–Crippen LogP) is 3.23. The highest BCUT2D eigenvalue weighted by atomic mass is 127. The predicted molar refractivity (Wildman–Crippen MR) is 104 cm³/mol. The van der Waals surface area contributed by atoms with Gasteiger partial charge in [0, 0.05) is 6.42 Å². The molecule has 0 radical (unpaired) electrons. The molecule has 0 aliphatic carbocycles. The molecule has 1 amide bonds. The van der Waals surface area contributed by atoms with Crippen LogP contribution in [0.15, 0.2) is 24.3 Å². The Hall–Kier alpha value is -1.84. The topological polar surface area (TPSA) is 90.9 Å². The van der Waals surface area contributed by atoms with Crippen LogP contribution in [-0.2, 0) is 25.4 Å². The van der Waals surface area contributed by atoms with Crippen molar-refractivity contribution >= 4 is 40.6 Å². The van der Waals surface area contributed by atoms with Crippen molar-refractivity contribution in [3.05, 3.63) is 35.4 Å². The summed E-state index contributed by atoms with van der Waals surface area (Å²) >= 11 is 1.96. The van der Waals surface area contributed by atoms with Crippen molar-refractivity contribution in [3.8, 4) is 0 Å². The summed E-state index contributed by atoms with van der Waals surface area (Å²) in [5.41, 5.74) is 0.463. The molecule has 0 fully saturated rings. The zero-order valence-corrected chi connectivity index (χ0v) is 17.7. The Bertz CT molecular complexity index is 636. The summed E-state index contributed by atoms with van der Waals surface area (Å²) in [6, 6.07) is 5.66. The second kappa shape index (κ2) is 9.75. The molecule has 0 saturated heterocycles. The molecular weight excluding hydrogens is 453 g/mol. The van der Waals surface area contributed by atoms with E-state index >= 15 is 0 Å². The van der Waals surface area contributed by atoms with Gasteiger partial charge in [-0.25, -0.2) is 14.4 Å². The Balaban J connectivity index is 2.89. The van der Waals surface area contributed by atoms with Crippen LogP contribution in [0.2, 0.25) is 0 Å². The number of benzene rings is 1. The van der Waals surface area contributed by atoms with Crippen molar-refractivity contribution in [1.29, 1.82) is 0 Å². The lowest BCUT2D eigenvalue weighted by Gasteiger charge is -2.23. The van der Waals surface area contributed by atoms with E-state index in [1.165, 1.54) is 7.11 Å². The first-order valence-corrected chi connectivity index (χ1v) is 9.27. The van der Waals surface area contributed by atoms with Gasteiger partial charge in [0.2, 0.25) is 0 Å². The number of carbonyl (C=O) groups is 3. The van der Waals surface area contributed by atoms with Crippen molar-refractivity contribution in [1.82, 2.24) is 5.32 Å². The second-order valence-corrected chi connectivity index (χ2v) is 8.33. The van der Waals surface area contributed by atoms with Crippen LogP contribution in [0.1, 0.15) is 43.6 Å². The molecule has 1 unspecified atom stereocenters. The Morgan fingerprint density at radius 3 is 2.19 bits per heavy atom. The van der Waals surface area contributed by atoms with Crippen LogP contribution >= 0.6 is 22.6 Å². The third-order valence-electron chi connectivity index (χ3n) is 3.07.